The van der Waals surface area contributed by atoms with Crippen LogP contribution in [0.15, 0.2) is 15.0 Å². The number of guanidine groups is 3. The lowest BCUT2D eigenvalue weighted by Gasteiger charge is -2.35. The fourth-order valence-corrected chi connectivity index (χ4v) is 11.1. The van der Waals surface area contributed by atoms with Gasteiger partial charge in [-0.1, -0.05) is 0 Å². The molecule has 31 heteroatoms. The maximum atomic E-state index is 14.5. The third-order valence-electron chi connectivity index (χ3n) is 15.1. The predicted octanol–water partition coefficient (Wildman–Crippen LogP) is -6.53. The fraction of sp³-hybridized carbons (Fsp3) is 0.735. The molecule has 31 nitrogen and oxygen atoms in total. The molecule has 5 heterocycles. The minimum Gasteiger partial charge on any atom is -0.480 e. The van der Waals surface area contributed by atoms with Gasteiger partial charge in [0.15, 0.2) is 17.9 Å². The SMILES string of the molecule is C[C@H](NC(=O)[C@H](CCCN=C(N)N)NC(=O)[C@@H]1CCCN1C(=O)[C@@H]1CCCN1C(=O)[C@@H]1CCCN1C(=O)[C@H](CO)NC(=O)[C@H](CCCN=C(N)N)NC(=O)[C@@H]1CCCN1C(=O)[C@@H](N)CCCN=C(N)N)C(=O)N1CCC[C@H]1C(=O)O. The molecule has 0 aromatic carbocycles. The normalized spacial score (nSPS) is 22.5. The molecule has 0 unspecified atom stereocenters. The first kappa shape index (κ1) is 63.3. The number of aliphatic imine (C=N–C) groups is 3. The summed E-state index contributed by atoms with van der Waals surface area (Å²) < 4.78 is 0. The van der Waals surface area contributed by atoms with Crippen molar-refractivity contribution in [2.45, 2.75) is 170 Å². The number of amides is 9. The number of aliphatic hydroxyl groups is 1. The molecule has 80 heavy (non-hydrogen) atoms. The summed E-state index contributed by atoms with van der Waals surface area (Å²) in [5, 5.41) is 30.8. The van der Waals surface area contributed by atoms with Crippen LogP contribution in [-0.4, -0.2) is 231 Å². The molecule has 20 N–H and O–H groups in total. The monoisotopic (exact) mass is 1130 g/mol. The molecule has 5 aliphatic heterocycles. The van der Waals surface area contributed by atoms with E-state index in [2.05, 4.69) is 36.2 Å². The first-order chi connectivity index (χ1) is 38.0. The van der Waals surface area contributed by atoms with Gasteiger partial charge in [-0.2, -0.15) is 0 Å². The highest BCUT2D eigenvalue weighted by atomic mass is 16.4. The first-order valence-corrected chi connectivity index (χ1v) is 27.5. The van der Waals surface area contributed by atoms with E-state index in [1.165, 1.54) is 31.4 Å². The molecular weight excluding hydrogens is 1050 g/mol. The number of hydrogen-bond acceptors (Lipinski definition) is 15. The van der Waals surface area contributed by atoms with Crippen LogP contribution in [0.2, 0.25) is 0 Å². The van der Waals surface area contributed by atoms with E-state index in [1.54, 1.807) is 0 Å². The van der Waals surface area contributed by atoms with Gasteiger partial charge < -0.3 is 96.1 Å². The van der Waals surface area contributed by atoms with Crippen molar-refractivity contribution in [1.29, 1.82) is 0 Å². The summed E-state index contributed by atoms with van der Waals surface area (Å²) in [6.07, 6.45) is 4.56. The van der Waals surface area contributed by atoms with Crippen LogP contribution in [-0.2, 0) is 47.9 Å². The van der Waals surface area contributed by atoms with Gasteiger partial charge in [0.1, 0.15) is 54.4 Å². The predicted molar refractivity (Wildman–Crippen MR) is 290 cm³/mol. The lowest BCUT2D eigenvalue weighted by molar-refractivity contribution is -0.151. The molecule has 0 aromatic heterocycles. The van der Waals surface area contributed by atoms with E-state index in [-0.39, 0.29) is 134 Å². The van der Waals surface area contributed by atoms with E-state index in [4.69, 9.17) is 40.1 Å². The molecule has 0 saturated carbocycles. The lowest BCUT2D eigenvalue weighted by atomic mass is 10.1. The third-order valence-corrected chi connectivity index (χ3v) is 15.1. The van der Waals surface area contributed by atoms with Crippen molar-refractivity contribution < 1.29 is 58.2 Å². The largest absolute Gasteiger partial charge is 0.480 e. The van der Waals surface area contributed by atoms with Crippen LogP contribution >= 0.6 is 0 Å². The Hall–Kier alpha value is -7.57. The molecule has 5 rings (SSSR count). The zero-order chi connectivity index (χ0) is 58.8. The zero-order valence-corrected chi connectivity index (χ0v) is 45.5. The van der Waals surface area contributed by atoms with Gasteiger partial charge in [-0.25, -0.2) is 4.79 Å². The Labute approximate surface area is 463 Å². The van der Waals surface area contributed by atoms with Gasteiger partial charge >= 0.3 is 5.97 Å². The van der Waals surface area contributed by atoms with Gasteiger partial charge in [0, 0.05) is 52.4 Å². The van der Waals surface area contributed by atoms with Crippen LogP contribution in [0.25, 0.3) is 0 Å². The second-order valence-electron chi connectivity index (χ2n) is 20.8. The number of carboxylic acids is 1. The number of rotatable bonds is 27. The van der Waals surface area contributed by atoms with Crippen LogP contribution < -0.4 is 61.4 Å². The van der Waals surface area contributed by atoms with Crippen LogP contribution in [0.1, 0.15) is 110 Å². The molecule has 0 bridgehead atoms. The average molecular weight is 1130 g/mol. The van der Waals surface area contributed by atoms with Crippen LogP contribution in [0.4, 0.5) is 0 Å². The smallest absolute Gasteiger partial charge is 0.326 e. The number of aliphatic carboxylic acids is 1. The summed E-state index contributed by atoms with van der Waals surface area (Å²) in [5.41, 5.74) is 38.9. The van der Waals surface area contributed by atoms with Crippen molar-refractivity contribution in [3.8, 4) is 0 Å². The Morgan fingerprint density at radius 1 is 0.475 bits per heavy atom. The topological polar surface area (TPSA) is 495 Å². The van der Waals surface area contributed by atoms with Crippen LogP contribution in [0.5, 0.6) is 0 Å². The second-order valence-corrected chi connectivity index (χ2v) is 20.8. The Morgan fingerprint density at radius 2 is 0.838 bits per heavy atom. The molecule has 446 valence electrons. The summed E-state index contributed by atoms with van der Waals surface area (Å²) in [6, 6.07) is -11.3. The van der Waals surface area contributed by atoms with Gasteiger partial charge in [0.05, 0.1) is 12.6 Å². The molecule has 0 spiro atoms. The first-order valence-electron chi connectivity index (χ1n) is 27.5. The van der Waals surface area contributed by atoms with E-state index < -0.39 is 126 Å². The number of hydrogen-bond donors (Lipinski definition) is 13. The maximum Gasteiger partial charge on any atom is 0.326 e. The summed E-state index contributed by atoms with van der Waals surface area (Å²) in [4.78, 5) is 156. The molecule has 0 aliphatic carbocycles. The Kier molecular flexibility index (Phi) is 23.8. The molecule has 5 saturated heterocycles. The van der Waals surface area contributed by atoms with Crippen LogP contribution in [0, 0.1) is 0 Å². The summed E-state index contributed by atoms with van der Waals surface area (Å²) in [7, 11) is 0. The molecule has 9 amide bonds. The minimum absolute atomic E-state index is 0.0185. The molecular formula is C49H83N19O12. The average Bonchev–Trinajstić information content (AvgIpc) is 4.29. The standard InChI is InChI=1S/C49H83N19O12/c1-27(41(74)68-25-9-17-36(68)46(79)80)60-37(70)29(11-3-19-58-48(53)54)61-40(73)33-14-6-22-65(33)44(77)35-16-8-24-67(35)45(78)34-15-7-23-66(34)43(76)31(26-69)63-38(71)30(12-4-20-59-49(55)56)62-39(72)32-13-5-21-64(32)42(75)28(50)10-2-18-57-47(51)52/h27-36,69H,2-26,50H2,1H3,(H,60,70)(H,61,73)(H,62,72)(H,63,71)(H,79,80)(H4,51,52,57)(H4,53,54,58)(H4,55,56,59)/t27-,28-,29-,30-,31-,32-,33-,34-,35-,36-/m0/s1. The van der Waals surface area contributed by atoms with Crippen molar-refractivity contribution in [2.75, 3.05) is 59.0 Å². The summed E-state index contributed by atoms with van der Waals surface area (Å²) >= 11 is 0. The molecule has 5 aliphatic rings. The van der Waals surface area contributed by atoms with Crippen molar-refractivity contribution >= 4 is 77.0 Å². The number of aliphatic hydroxyl groups excluding tert-OH is 1. The Morgan fingerprint density at radius 3 is 1.29 bits per heavy atom. The quantitative estimate of drug-likeness (QED) is 0.0207. The number of nitrogens with two attached hydrogens (primary N) is 7. The highest BCUT2D eigenvalue weighted by Gasteiger charge is 2.47. The van der Waals surface area contributed by atoms with E-state index in [9.17, 15) is 58.2 Å². The number of carbonyl (C=O) groups excluding carboxylic acids is 9. The number of nitrogens with one attached hydrogen (secondary N) is 4. The second kappa shape index (κ2) is 30.1. The number of nitrogens with zero attached hydrogens (tertiary/aromatic N) is 8. The molecule has 0 aromatic rings. The van der Waals surface area contributed by atoms with E-state index >= 15 is 0 Å². The Balaban J connectivity index is 1.23. The minimum atomic E-state index is -1.56. The molecule has 5 fully saturated rings. The van der Waals surface area contributed by atoms with Gasteiger partial charge in [-0.05, 0) is 110 Å². The Bertz CT molecular complexity index is 2340. The highest BCUT2D eigenvalue weighted by Crippen LogP contribution is 2.29. The third kappa shape index (κ3) is 17.0. The van der Waals surface area contributed by atoms with Crippen LogP contribution in [0.3, 0.4) is 0 Å². The zero-order valence-electron chi connectivity index (χ0n) is 45.5. The van der Waals surface area contributed by atoms with Crippen molar-refractivity contribution in [2.24, 2.45) is 55.1 Å². The van der Waals surface area contributed by atoms with Gasteiger partial charge in [-0.3, -0.25) is 58.1 Å². The van der Waals surface area contributed by atoms with Crippen molar-refractivity contribution in [3.05, 3.63) is 0 Å². The number of likely N-dealkylation sites (tertiary alicyclic amines) is 5. The lowest BCUT2D eigenvalue weighted by Crippen LogP contribution is -2.60. The van der Waals surface area contributed by atoms with Gasteiger partial charge in [-0.15, -0.1) is 0 Å². The number of carbonyl (C=O) groups is 10. The van der Waals surface area contributed by atoms with Crippen molar-refractivity contribution in [1.82, 2.24) is 45.8 Å². The summed E-state index contributed by atoms with van der Waals surface area (Å²) in [5.74, 6) is -7.35. The van der Waals surface area contributed by atoms with E-state index in [1.807, 2.05) is 0 Å². The van der Waals surface area contributed by atoms with Gasteiger partial charge in [0.25, 0.3) is 0 Å². The van der Waals surface area contributed by atoms with E-state index in [0.29, 0.717) is 38.5 Å². The molecule has 10 atom stereocenters. The van der Waals surface area contributed by atoms with Crippen molar-refractivity contribution in [3.63, 3.8) is 0 Å². The van der Waals surface area contributed by atoms with E-state index in [0.717, 1.165) is 0 Å². The summed E-state index contributed by atoms with van der Waals surface area (Å²) in [6.45, 7) is 1.85. The molecule has 0 radical (unpaired) electrons. The van der Waals surface area contributed by atoms with Gasteiger partial charge in [0.2, 0.25) is 53.2 Å². The fourth-order valence-electron chi connectivity index (χ4n) is 11.1. The number of carboxylic acid groups (broad SMARTS) is 1. The maximum absolute atomic E-state index is 14.5. The highest BCUT2D eigenvalue weighted by molar-refractivity contribution is 5.99.